The number of aliphatic carboxylic acids is 1. The normalized spacial score (nSPS) is 21.8. The molecule has 0 fully saturated rings. The zero-order valence-electron chi connectivity index (χ0n) is 10.6. The first-order valence-corrected chi connectivity index (χ1v) is 6.06. The second-order valence-corrected chi connectivity index (χ2v) is 5.03. The minimum atomic E-state index is -1.67. The lowest BCUT2D eigenvalue weighted by Gasteiger charge is -2.33. The van der Waals surface area contributed by atoms with Gasteiger partial charge in [-0.25, -0.2) is 4.79 Å². The van der Waals surface area contributed by atoms with E-state index in [4.69, 9.17) is 9.84 Å². The number of fused-ring (bicyclic) bond motifs is 1. The van der Waals surface area contributed by atoms with Gasteiger partial charge in [0, 0.05) is 5.92 Å². The minimum Gasteiger partial charge on any atom is -0.497 e. The molecule has 0 aromatic heterocycles. The van der Waals surface area contributed by atoms with Crippen LogP contribution in [0.1, 0.15) is 24.5 Å². The Kier molecular flexibility index (Phi) is 3.30. The van der Waals surface area contributed by atoms with Crippen molar-refractivity contribution in [2.24, 2.45) is 5.92 Å². The molecule has 1 aliphatic rings. The summed E-state index contributed by atoms with van der Waals surface area (Å²) < 4.78 is 5.17. The largest absolute Gasteiger partial charge is 0.497 e. The standard InChI is InChI=1S/C14H18O4/c1-14(17,13(15)16)11-5-3-9-4-6-12(18-2)8-10(9)7-11/h4,6,8,11,17H,3,5,7H2,1-2H3,(H,15,16). The van der Waals surface area contributed by atoms with E-state index in [9.17, 15) is 9.90 Å². The van der Waals surface area contributed by atoms with Gasteiger partial charge >= 0.3 is 5.97 Å². The van der Waals surface area contributed by atoms with Gasteiger partial charge in [-0.1, -0.05) is 6.07 Å². The van der Waals surface area contributed by atoms with E-state index in [0.29, 0.717) is 12.8 Å². The van der Waals surface area contributed by atoms with Crippen LogP contribution in [0.5, 0.6) is 5.75 Å². The van der Waals surface area contributed by atoms with Gasteiger partial charge in [0.1, 0.15) is 5.75 Å². The lowest BCUT2D eigenvalue weighted by molar-refractivity contribution is -0.163. The molecular weight excluding hydrogens is 232 g/mol. The predicted octanol–water partition coefficient (Wildman–Crippen LogP) is 1.64. The summed E-state index contributed by atoms with van der Waals surface area (Å²) >= 11 is 0. The molecule has 0 spiro atoms. The van der Waals surface area contributed by atoms with E-state index in [1.54, 1.807) is 7.11 Å². The third kappa shape index (κ3) is 2.20. The fourth-order valence-electron chi connectivity index (χ4n) is 2.51. The molecular formula is C14H18O4. The highest BCUT2D eigenvalue weighted by Crippen LogP contribution is 2.34. The Morgan fingerprint density at radius 2 is 2.17 bits per heavy atom. The summed E-state index contributed by atoms with van der Waals surface area (Å²) in [7, 11) is 1.61. The highest BCUT2D eigenvalue weighted by molar-refractivity contribution is 5.77. The smallest absolute Gasteiger partial charge is 0.335 e. The lowest BCUT2D eigenvalue weighted by Crippen LogP contribution is -2.45. The van der Waals surface area contributed by atoms with Crippen LogP contribution < -0.4 is 4.74 Å². The fourth-order valence-corrected chi connectivity index (χ4v) is 2.51. The Morgan fingerprint density at radius 1 is 1.44 bits per heavy atom. The van der Waals surface area contributed by atoms with Gasteiger partial charge in [-0.2, -0.15) is 0 Å². The molecule has 4 nitrogen and oxygen atoms in total. The maximum absolute atomic E-state index is 11.1. The third-order valence-electron chi connectivity index (χ3n) is 3.87. The third-order valence-corrected chi connectivity index (χ3v) is 3.87. The van der Waals surface area contributed by atoms with Gasteiger partial charge in [-0.05, 0) is 49.4 Å². The molecule has 2 atom stereocenters. The SMILES string of the molecule is COc1ccc2c(c1)CC(C(C)(O)C(=O)O)CC2. The van der Waals surface area contributed by atoms with E-state index in [0.717, 1.165) is 17.7 Å². The maximum atomic E-state index is 11.1. The van der Waals surface area contributed by atoms with Gasteiger partial charge in [0.05, 0.1) is 7.11 Å². The fraction of sp³-hybridized carbons (Fsp3) is 0.500. The number of aryl methyl sites for hydroxylation is 1. The molecule has 1 aromatic carbocycles. The van der Waals surface area contributed by atoms with Gasteiger partial charge in [0.2, 0.25) is 0 Å². The second kappa shape index (κ2) is 4.61. The molecule has 0 saturated carbocycles. The van der Waals surface area contributed by atoms with Crippen LogP contribution in [0, 0.1) is 5.92 Å². The van der Waals surface area contributed by atoms with Crippen molar-refractivity contribution in [3.05, 3.63) is 29.3 Å². The Hall–Kier alpha value is -1.55. The molecule has 0 heterocycles. The average molecular weight is 250 g/mol. The van der Waals surface area contributed by atoms with E-state index < -0.39 is 11.6 Å². The van der Waals surface area contributed by atoms with E-state index in [2.05, 4.69) is 0 Å². The molecule has 98 valence electrons. The van der Waals surface area contributed by atoms with Crippen molar-refractivity contribution in [2.45, 2.75) is 31.8 Å². The first kappa shape index (κ1) is 12.9. The van der Waals surface area contributed by atoms with Crippen LogP contribution in [0.15, 0.2) is 18.2 Å². The number of hydrogen-bond acceptors (Lipinski definition) is 3. The highest BCUT2D eigenvalue weighted by Gasteiger charge is 2.40. The Labute approximate surface area is 106 Å². The average Bonchev–Trinajstić information content (AvgIpc) is 2.37. The molecule has 18 heavy (non-hydrogen) atoms. The summed E-state index contributed by atoms with van der Waals surface area (Å²) in [6, 6.07) is 5.85. The summed E-state index contributed by atoms with van der Waals surface area (Å²) in [6.07, 6.45) is 2.07. The van der Waals surface area contributed by atoms with Crippen LogP contribution in [0.25, 0.3) is 0 Å². The van der Waals surface area contributed by atoms with Crippen LogP contribution in [0.3, 0.4) is 0 Å². The number of hydrogen-bond donors (Lipinski definition) is 2. The van der Waals surface area contributed by atoms with Crippen molar-refractivity contribution in [1.82, 2.24) is 0 Å². The van der Waals surface area contributed by atoms with E-state index in [-0.39, 0.29) is 5.92 Å². The molecule has 0 radical (unpaired) electrons. The van der Waals surface area contributed by atoms with Crippen LogP contribution in [-0.4, -0.2) is 28.9 Å². The van der Waals surface area contributed by atoms with Crippen LogP contribution in [-0.2, 0) is 17.6 Å². The van der Waals surface area contributed by atoms with E-state index in [1.165, 1.54) is 12.5 Å². The zero-order chi connectivity index (χ0) is 13.3. The lowest BCUT2D eigenvalue weighted by atomic mass is 9.75. The molecule has 0 saturated heterocycles. The molecule has 0 amide bonds. The highest BCUT2D eigenvalue weighted by atomic mass is 16.5. The molecule has 2 unspecified atom stereocenters. The second-order valence-electron chi connectivity index (χ2n) is 5.03. The number of aliphatic hydroxyl groups is 1. The topological polar surface area (TPSA) is 66.8 Å². The molecule has 1 aliphatic carbocycles. The number of carbonyl (C=O) groups is 1. The summed E-state index contributed by atoms with van der Waals surface area (Å²) in [5.41, 5.74) is 0.626. The molecule has 2 N–H and O–H groups in total. The van der Waals surface area contributed by atoms with Gasteiger partial charge in [0.25, 0.3) is 0 Å². The molecule has 1 aromatic rings. The summed E-state index contributed by atoms with van der Waals surface area (Å²) in [6.45, 7) is 1.38. The van der Waals surface area contributed by atoms with Crippen molar-refractivity contribution >= 4 is 5.97 Å². The number of ether oxygens (including phenoxy) is 1. The van der Waals surface area contributed by atoms with Crippen molar-refractivity contribution in [2.75, 3.05) is 7.11 Å². The zero-order valence-corrected chi connectivity index (χ0v) is 10.6. The Bertz CT molecular complexity index is 465. The number of carboxylic acids is 1. The number of rotatable bonds is 3. The molecule has 2 rings (SSSR count). The first-order chi connectivity index (χ1) is 8.45. The minimum absolute atomic E-state index is 0.255. The predicted molar refractivity (Wildman–Crippen MR) is 66.8 cm³/mol. The Balaban J connectivity index is 2.26. The summed E-state index contributed by atoms with van der Waals surface area (Å²) in [5.74, 6) is -0.641. The maximum Gasteiger partial charge on any atom is 0.335 e. The summed E-state index contributed by atoms with van der Waals surface area (Å²) in [5, 5.41) is 19.1. The van der Waals surface area contributed by atoms with Gasteiger partial charge in [-0.15, -0.1) is 0 Å². The molecule has 0 aliphatic heterocycles. The van der Waals surface area contributed by atoms with Gasteiger partial charge < -0.3 is 14.9 Å². The number of benzene rings is 1. The molecule has 4 heteroatoms. The van der Waals surface area contributed by atoms with Crippen LogP contribution >= 0.6 is 0 Å². The van der Waals surface area contributed by atoms with E-state index >= 15 is 0 Å². The number of carboxylic acid groups (broad SMARTS) is 1. The van der Waals surface area contributed by atoms with E-state index in [1.807, 2.05) is 18.2 Å². The first-order valence-electron chi connectivity index (χ1n) is 6.06. The van der Waals surface area contributed by atoms with Crippen molar-refractivity contribution in [1.29, 1.82) is 0 Å². The quantitative estimate of drug-likeness (QED) is 0.855. The van der Waals surface area contributed by atoms with Crippen LogP contribution in [0.4, 0.5) is 0 Å². The van der Waals surface area contributed by atoms with Gasteiger partial charge in [-0.3, -0.25) is 0 Å². The number of methoxy groups -OCH3 is 1. The Morgan fingerprint density at radius 3 is 2.78 bits per heavy atom. The van der Waals surface area contributed by atoms with Crippen molar-refractivity contribution in [3.8, 4) is 5.75 Å². The van der Waals surface area contributed by atoms with Crippen molar-refractivity contribution < 1.29 is 19.7 Å². The monoisotopic (exact) mass is 250 g/mol. The van der Waals surface area contributed by atoms with Gasteiger partial charge in [0.15, 0.2) is 5.60 Å². The summed E-state index contributed by atoms with van der Waals surface area (Å²) in [4.78, 5) is 11.1. The van der Waals surface area contributed by atoms with Crippen LogP contribution in [0.2, 0.25) is 0 Å². The molecule has 0 bridgehead atoms. The van der Waals surface area contributed by atoms with Crippen molar-refractivity contribution in [3.63, 3.8) is 0 Å².